The summed E-state index contributed by atoms with van der Waals surface area (Å²) >= 11 is 0. The summed E-state index contributed by atoms with van der Waals surface area (Å²) in [5, 5.41) is 2.58. The Morgan fingerprint density at radius 1 is 1.21 bits per heavy atom. The fourth-order valence-corrected chi connectivity index (χ4v) is 1.98. The van der Waals surface area contributed by atoms with Crippen LogP contribution in [0.5, 0.6) is 5.75 Å². The van der Waals surface area contributed by atoms with Gasteiger partial charge < -0.3 is 14.8 Å². The lowest BCUT2D eigenvalue weighted by atomic mass is 10.1. The van der Waals surface area contributed by atoms with Crippen LogP contribution in [0.25, 0.3) is 0 Å². The molecular formula is C17H19N3O4. The maximum absolute atomic E-state index is 11.7. The lowest BCUT2D eigenvalue weighted by Crippen LogP contribution is -2.29. The lowest BCUT2D eigenvalue weighted by Gasteiger charge is -2.10. The van der Waals surface area contributed by atoms with E-state index < -0.39 is 5.97 Å². The average Bonchev–Trinajstić information content (AvgIpc) is 2.58. The molecule has 7 nitrogen and oxygen atoms in total. The van der Waals surface area contributed by atoms with E-state index in [1.807, 2.05) is 32.0 Å². The highest BCUT2D eigenvalue weighted by molar-refractivity contribution is 5.91. The number of aromatic nitrogens is 2. The number of hydrogen-bond donors (Lipinski definition) is 1. The van der Waals surface area contributed by atoms with E-state index in [9.17, 15) is 9.59 Å². The maximum atomic E-state index is 11.7. The van der Waals surface area contributed by atoms with E-state index in [2.05, 4.69) is 15.3 Å². The highest BCUT2D eigenvalue weighted by Gasteiger charge is 2.08. The van der Waals surface area contributed by atoms with Crippen LogP contribution in [-0.2, 0) is 9.53 Å². The molecule has 0 saturated heterocycles. The van der Waals surface area contributed by atoms with E-state index in [1.165, 1.54) is 18.6 Å². The SMILES string of the molecule is Cc1ccc(OCC(=O)OCCNC(=O)c2cnccn2)c(C)c1. The van der Waals surface area contributed by atoms with Crippen LogP contribution in [0.3, 0.4) is 0 Å². The number of benzene rings is 1. The Morgan fingerprint density at radius 2 is 2.04 bits per heavy atom. The van der Waals surface area contributed by atoms with Gasteiger partial charge in [0.2, 0.25) is 0 Å². The number of esters is 1. The van der Waals surface area contributed by atoms with Crippen LogP contribution in [0.1, 0.15) is 21.6 Å². The quantitative estimate of drug-likeness (QED) is 0.611. The van der Waals surface area contributed by atoms with E-state index in [0.717, 1.165) is 11.1 Å². The van der Waals surface area contributed by atoms with Gasteiger partial charge in [0, 0.05) is 12.4 Å². The molecule has 0 unspecified atom stereocenters. The third-order valence-electron chi connectivity index (χ3n) is 3.12. The molecule has 0 aliphatic rings. The summed E-state index contributed by atoms with van der Waals surface area (Å²) in [5.41, 5.74) is 2.29. The Kier molecular flexibility index (Phi) is 6.24. The largest absolute Gasteiger partial charge is 0.482 e. The minimum Gasteiger partial charge on any atom is -0.482 e. The normalized spacial score (nSPS) is 10.1. The molecule has 0 saturated carbocycles. The summed E-state index contributed by atoms with van der Waals surface area (Å²) < 4.78 is 10.4. The molecule has 7 heteroatoms. The minimum absolute atomic E-state index is 0.0566. The Morgan fingerprint density at radius 3 is 2.75 bits per heavy atom. The zero-order chi connectivity index (χ0) is 17.4. The fourth-order valence-electron chi connectivity index (χ4n) is 1.98. The summed E-state index contributed by atoms with van der Waals surface area (Å²) in [4.78, 5) is 31.0. The second kappa shape index (κ2) is 8.61. The summed E-state index contributed by atoms with van der Waals surface area (Å²) in [6, 6.07) is 5.71. The summed E-state index contributed by atoms with van der Waals surface area (Å²) in [6.45, 7) is 3.96. The van der Waals surface area contributed by atoms with Crippen LogP contribution in [0.4, 0.5) is 0 Å². The molecule has 1 aromatic carbocycles. The van der Waals surface area contributed by atoms with Crippen LogP contribution in [0.2, 0.25) is 0 Å². The lowest BCUT2D eigenvalue weighted by molar-refractivity contribution is -0.145. The van der Waals surface area contributed by atoms with Gasteiger partial charge in [0.1, 0.15) is 18.1 Å². The molecule has 1 aromatic heterocycles. The second-order valence-corrected chi connectivity index (χ2v) is 5.12. The summed E-state index contributed by atoms with van der Waals surface area (Å²) in [6.07, 6.45) is 4.27. The first-order valence-electron chi connectivity index (χ1n) is 7.46. The molecule has 1 amide bonds. The molecule has 0 aliphatic heterocycles. The molecule has 0 bridgehead atoms. The number of amides is 1. The van der Waals surface area contributed by atoms with Crippen LogP contribution in [0, 0.1) is 13.8 Å². The monoisotopic (exact) mass is 329 g/mol. The van der Waals surface area contributed by atoms with Crippen molar-refractivity contribution in [3.8, 4) is 5.75 Å². The predicted molar refractivity (Wildman–Crippen MR) is 86.7 cm³/mol. The zero-order valence-corrected chi connectivity index (χ0v) is 13.6. The molecule has 2 aromatic rings. The van der Waals surface area contributed by atoms with Crippen molar-refractivity contribution < 1.29 is 19.1 Å². The van der Waals surface area contributed by atoms with Crippen LogP contribution in [0.15, 0.2) is 36.8 Å². The van der Waals surface area contributed by atoms with Gasteiger partial charge in [-0.15, -0.1) is 0 Å². The molecule has 0 aliphatic carbocycles. The number of nitrogens with zero attached hydrogens (tertiary/aromatic N) is 2. The summed E-state index contributed by atoms with van der Waals surface area (Å²) in [5.74, 6) is -0.220. The number of rotatable bonds is 7. The number of carbonyl (C=O) groups is 2. The Bertz CT molecular complexity index is 704. The van der Waals surface area contributed by atoms with Crippen LogP contribution >= 0.6 is 0 Å². The van der Waals surface area contributed by atoms with Crippen molar-refractivity contribution in [3.63, 3.8) is 0 Å². The van der Waals surface area contributed by atoms with Crippen molar-refractivity contribution in [2.45, 2.75) is 13.8 Å². The highest BCUT2D eigenvalue weighted by Crippen LogP contribution is 2.18. The first-order chi connectivity index (χ1) is 11.6. The molecule has 126 valence electrons. The van der Waals surface area contributed by atoms with E-state index in [4.69, 9.17) is 9.47 Å². The third-order valence-corrected chi connectivity index (χ3v) is 3.12. The van der Waals surface area contributed by atoms with Crippen LogP contribution < -0.4 is 10.1 Å². The molecule has 0 radical (unpaired) electrons. The van der Waals surface area contributed by atoms with E-state index in [0.29, 0.717) is 5.75 Å². The molecule has 0 fully saturated rings. The molecule has 0 atom stereocenters. The molecular weight excluding hydrogens is 310 g/mol. The Labute approximate surface area is 140 Å². The highest BCUT2D eigenvalue weighted by atomic mass is 16.6. The van der Waals surface area contributed by atoms with Crippen molar-refractivity contribution in [1.82, 2.24) is 15.3 Å². The van der Waals surface area contributed by atoms with Crippen molar-refractivity contribution in [3.05, 3.63) is 53.6 Å². The van der Waals surface area contributed by atoms with E-state index in [-0.39, 0.29) is 31.4 Å². The molecule has 1 N–H and O–H groups in total. The topological polar surface area (TPSA) is 90.4 Å². The smallest absolute Gasteiger partial charge is 0.344 e. The minimum atomic E-state index is -0.497. The van der Waals surface area contributed by atoms with Crippen molar-refractivity contribution in [2.75, 3.05) is 19.8 Å². The number of ether oxygens (including phenoxy) is 2. The maximum Gasteiger partial charge on any atom is 0.344 e. The molecule has 0 spiro atoms. The van der Waals surface area contributed by atoms with Gasteiger partial charge in [-0.1, -0.05) is 17.7 Å². The number of nitrogens with one attached hydrogen (secondary N) is 1. The van der Waals surface area contributed by atoms with Gasteiger partial charge >= 0.3 is 5.97 Å². The van der Waals surface area contributed by atoms with Gasteiger partial charge in [-0.25, -0.2) is 9.78 Å². The van der Waals surface area contributed by atoms with E-state index in [1.54, 1.807) is 0 Å². The van der Waals surface area contributed by atoms with Gasteiger partial charge in [-0.05, 0) is 25.5 Å². The molecule has 2 rings (SSSR count). The number of hydrogen-bond acceptors (Lipinski definition) is 6. The zero-order valence-electron chi connectivity index (χ0n) is 13.6. The van der Waals surface area contributed by atoms with Gasteiger partial charge in [0.15, 0.2) is 6.61 Å². The predicted octanol–water partition coefficient (Wildman–Crippen LogP) is 1.45. The Balaban J connectivity index is 1.65. The van der Waals surface area contributed by atoms with Crippen molar-refractivity contribution >= 4 is 11.9 Å². The first kappa shape index (κ1) is 17.4. The third kappa shape index (κ3) is 5.35. The van der Waals surface area contributed by atoms with Gasteiger partial charge in [0.25, 0.3) is 5.91 Å². The van der Waals surface area contributed by atoms with Gasteiger partial charge in [-0.2, -0.15) is 0 Å². The average molecular weight is 329 g/mol. The van der Waals surface area contributed by atoms with Gasteiger partial charge in [0.05, 0.1) is 12.7 Å². The van der Waals surface area contributed by atoms with Crippen LogP contribution in [-0.4, -0.2) is 41.6 Å². The Hall–Kier alpha value is -2.96. The van der Waals surface area contributed by atoms with Gasteiger partial charge in [-0.3, -0.25) is 9.78 Å². The number of carbonyl (C=O) groups excluding carboxylic acids is 2. The fraction of sp³-hybridized carbons (Fsp3) is 0.294. The molecule has 1 heterocycles. The standard InChI is InChI=1S/C17H19N3O4/c1-12-3-4-15(13(2)9-12)24-11-16(21)23-8-7-20-17(22)14-10-18-5-6-19-14/h3-6,9-10H,7-8,11H2,1-2H3,(H,20,22). The second-order valence-electron chi connectivity index (χ2n) is 5.12. The van der Waals surface area contributed by atoms with Crippen molar-refractivity contribution in [1.29, 1.82) is 0 Å². The summed E-state index contributed by atoms with van der Waals surface area (Å²) in [7, 11) is 0. The van der Waals surface area contributed by atoms with Crippen molar-refractivity contribution in [2.24, 2.45) is 0 Å². The number of aryl methyl sites for hydroxylation is 2. The first-order valence-corrected chi connectivity index (χ1v) is 7.46. The van der Waals surface area contributed by atoms with E-state index >= 15 is 0 Å². The molecule has 24 heavy (non-hydrogen) atoms.